The molecule has 1 fully saturated rings. The van der Waals surface area contributed by atoms with Crippen LogP contribution in [-0.2, 0) is 6.54 Å². The van der Waals surface area contributed by atoms with Gasteiger partial charge in [0.25, 0.3) is 5.56 Å². The molecule has 0 N–H and O–H groups in total. The van der Waals surface area contributed by atoms with Crippen molar-refractivity contribution in [1.29, 1.82) is 0 Å². The summed E-state index contributed by atoms with van der Waals surface area (Å²) in [5, 5.41) is 6.96. The van der Waals surface area contributed by atoms with E-state index in [1.54, 1.807) is 16.8 Å². The van der Waals surface area contributed by atoms with Gasteiger partial charge < -0.3 is 9.47 Å². The number of nitrogens with zero attached hydrogens (tertiary/aromatic N) is 4. The van der Waals surface area contributed by atoms with Crippen molar-refractivity contribution in [3.8, 4) is 11.3 Å². The van der Waals surface area contributed by atoms with Crippen LogP contribution in [0.25, 0.3) is 23.4 Å². The first kappa shape index (κ1) is 18.3. The zero-order valence-corrected chi connectivity index (χ0v) is 16.6. The number of benzene rings is 1. The van der Waals surface area contributed by atoms with E-state index in [0.717, 1.165) is 60.6 Å². The third-order valence-electron chi connectivity index (χ3n) is 6.18. The van der Waals surface area contributed by atoms with E-state index in [4.69, 9.17) is 5.10 Å². The van der Waals surface area contributed by atoms with Crippen molar-refractivity contribution < 1.29 is 4.39 Å². The summed E-state index contributed by atoms with van der Waals surface area (Å²) < 4.78 is 17.1. The van der Waals surface area contributed by atoms with Gasteiger partial charge in [-0.2, -0.15) is 5.10 Å². The Labute approximate surface area is 168 Å². The highest BCUT2D eigenvalue weighted by molar-refractivity contribution is 5.62. The van der Waals surface area contributed by atoms with Crippen LogP contribution in [0, 0.1) is 5.82 Å². The average molecular weight is 392 g/mol. The second-order valence-electron chi connectivity index (χ2n) is 8.21. The van der Waals surface area contributed by atoms with Gasteiger partial charge in [-0.1, -0.05) is 24.3 Å². The molecule has 29 heavy (non-hydrogen) atoms. The summed E-state index contributed by atoms with van der Waals surface area (Å²) in [7, 11) is 2.12. The second kappa shape index (κ2) is 7.26. The highest BCUT2D eigenvalue weighted by Crippen LogP contribution is 2.22. The number of halogens is 1. The van der Waals surface area contributed by atoms with Crippen LogP contribution in [0.1, 0.15) is 37.3 Å². The SMILES string of the molecule is CN1CCC(n2nc3c4c(n(Cc5ccc(F)cc5)cc-3c2=O)=CCCC=4)CC1. The minimum atomic E-state index is -0.239. The van der Waals surface area contributed by atoms with Crippen LogP contribution in [-0.4, -0.2) is 39.4 Å². The van der Waals surface area contributed by atoms with E-state index >= 15 is 0 Å². The van der Waals surface area contributed by atoms with Gasteiger partial charge in [0, 0.05) is 23.3 Å². The van der Waals surface area contributed by atoms with Gasteiger partial charge in [0.15, 0.2) is 0 Å². The molecular formula is C23H25FN4O. The first-order valence-corrected chi connectivity index (χ1v) is 10.4. The van der Waals surface area contributed by atoms with Crippen LogP contribution in [0.5, 0.6) is 0 Å². The molecule has 150 valence electrons. The Morgan fingerprint density at radius 1 is 1.10 bits per heavy atom. The minimum Gasteiger partial charge on any atom is -0.342 e. The molecule has 6 heteroatoms. The van der Waals surface area contributed by atoms with E-state index in [1.807, 2.05) is 6.20 Å². The number of pyridine rings is 1. The fourth-order valence-electron chi connectivity index (χ4n) is 4.53. The van der Waals surface area contributed by atoms with Crippen LogP contribution < -0.4 is 16.1 Å². The summed E-state index contributed by atoms with van der Waals surface area (Å²) in [4.78, 5) is 15.5. The van der Waals surface area contributed by atoms with Gasteiger partial charge in [0.1, 0.15) is 11.5 Å². The number of rotatable bonds is 3. The van der Waals surface area contributed by atoms with Crippen molar-refractivity contribution in [2.24, 2.45) is 0 Å². The van der Waals surface area contributed by atoms with Crippen LogP contribution in [0.15, 0.2) is 35.3 Å². The quantitative estimate of drug-likeness (QED) is 0.684. The molecule has 0 atom stereocenters. The zero-order chi connectivity index (χ0) is 20.0. The van der Waals surface area contributed by atoms with E-state index in [9.17, 15) is 9.18 Å². The van der Waals surface area contributed by atoms with E-state index in [2.05, 4.69) is 28.7 Å². The van der Waals surface area contributed by atoms with E-state index in [1.165, 1.54) is 12.1 Å². The van der Waals surface area contributed by atoms with Crippen molar-refractivity contribution in [3.63, 3.8) is 0 Å². The summed E-state index contributed by atoms with van der Waals surface area (Å²) in [5.74, 6) is -0.239. The van der Waals surface area contributed by atoms with Gasteiger partial charge in [-0.15, -0.1) is 0 Å². The molecule has 1 saturated heterocycles. The molecule has 3 aliphatic heterocycles. The Kier molecular flexibility index (Phi) is 4.59. The Morgan fingerprint density at radius 2 is 1.83 bits per heavy atom. The van der Waals surface area contributed by atoms with Gasteiger partial charge in [0.05, 0.1) is 11.6 Å². The maximum Gasteiger partial charge on any atom is 0.278 e. The summed E-state index contributed by atoms with van der Waals surface area (Å²) >= 11 is 0. The third-order valence-corrected chi connectivity index (χ3v) is 6.18. The number of likely N-dealkylation sites (tertiary alicyclic amines) is 1. The summed E-state index contributed by atoms with van der Waals surface area (Å²) in [6.07, 6.45) is 10.2. The van der Waals surface area contributed by atoms with Crippen LogP contribution in [0.3, 0.4) is 0 Å². The molecule has 0 aromatic heterocycles. The molecule has 0 unspecified atom stereocenters. The summed E-state index contributed by atoms with van der Waals surface area (Å²) in [6.45, 7) is 2.58. The maximum atomic E-state index is 13.3. The van der Waals surface area contributed by atoms with Crippen molar-refractivity contribution in [2.45, 2.75) is 38.3 Å². The number of aromatic nitrogens is 3. The van der Waals surface area contributed by atoms with Crippen molar-refractivity contribution in [2.75, 3.05) is 20.1 Å². The molecule has 5 rings (SSSR count). The predicted molar refractivity (Wildman–Crippen MR) is 112 cm³/mol. The first-order valence-electron chi connectivity index (χ1n) is 10.4. The molecule has 0 saturated carbocycles. The van der Waals surface area contributed by atoms with Gasteiger partial charge in [-0.25, -0.2) is 9.07 Å². The highest BCUT2D eigenvalue weighted by atomic mass is 19.1. The Morgan fingerprint density at radius 3 is 2.59 bits per heavy atom. The lowest BCUT2D eigenvalue weighted by Gasteiger charge is -2.28. The Hall–Kier alpha value is -2.73. The topological polar surface area (TPSA) is 43.1 Å². The smallest absolute Gasteiger partial charge is 0.278 e. The Bertz CT molecular complexity index is 1180. The van der Waals surface area contributed by atoms with Crippen molar-refractivity contribution in [1.82, 2.24) is 19.2 Å². The standard InChI is InChI=1S/C23H25FN4O/c1-26-12-10-18(11-13-26)28-23(29)20-15-27(14-16-6-8-17(24)9-7-16)21-5-3-2-4-19(21)22(20)25-28/h4-9,15,18H,2-3,10-14H2,1H3. The average Bonchev–Trinajstić information content (AvgIpc) is 3.07. The molecule has 0 radical (unpaired) electrons. The molecular weight excluding hydrogens is 367 g/mol. The van der Waals surface area contributed by atoms with Crippen LogP contribution in [0.4, 0.5) is 4.39 Å². The molecule has 0 spiro atoms. The van der Waals surface area contributed by atoms with Crippen molar-refractivity contribution >= 4 is 12.2 Å². The molecule has 0 amide bonds. The molecule has 3 heterocycles. The fraction of sp³-hybridized carbons (Fsp3) is 0.391. The normalized spacial score (nSPS) is 17.7. The first-order chi connectivity index (χ1) is 14.1. The summed E-state index contributed by atoms with van der Waals surface area (Å²) in [6, 6.07) is 6.72. The van der Waals surface area contributed by atoms with Gasteiger partial charge >= 0.3 is 0 Å². The predicted octanol–water partition coefficient (Wildman–Crippen LogP) is 1.96. The van der Waals surface area contributed by atoms with Gasteiger partial charge in [-0.3, -0.25) is 4.79 Å². The molecule has 5 nitrogen and oxygen atoms in total. The summed E-state index contributed by atoms with van der Waals surface area (Å²) in [5.41, 5.74) is 2.50. The molecule has 4 aliphatic rings. The monoisotopic (exact) mass is 392 g/mol. The zero-order valence-electron chi connectivity index (χ0n) is 16.6. The van der Waals surface area contributed by atoms with Gasteiger partial charge in [-0.05, 0) is 63.5 Å². The molecule has 1 aromatic carbocycles. The number of hydrogen-bond acceptors (Lipinski definition) is 3. The Balaban J connectivity index is 1.64. The van der Waals surface area contributed by atoms with Gasteiger partial charge in [0.2, 0.25) is 0 Å². The number of piperidine rings is 1. The number of fused-ring (bicyclic) bond motifs is 3. The number of hydrogen-bond donors (Lipinski definition) is 0. The minimum absolute atomic E-state index is 0.00387. The van der Waals surface area contributed by atoms with Crippen LogP contribution >= 0.6 is 0 Å². The fourth-order valence-corrected chi connectivity index (χ4v) is 4.53. The highest BCUT2D eigenvalue weighted by Gasteiger charge is 2.26. The molecule has 1 aliphatic carbocycles. The van der Waals surface area contributed by atoms with Crippen molar-refractivity contribution in [3.05, 3.63) is 62.8 Å². The third kappa shape index (κ3) is 3.31. The van der Waals surface area contributed by atoms with Crippen LogP contribution in [0.2, 0.25) is 0 Å². The maximum absolute atomic E-state index is 13.3. The van der Waals surface area contributed by atoms with E-state index in [0.29, 0.717) is 12.1 Å². The largest absolute Gasteiger partial charge is 0.342 e. The molecule has 1 aromatic rings. The second-order valence-corrected chi connectivity index (χ2v) is 8.21. The lowest BCUT2D eigenvalue weighted by atomic mass is 10.1. The van der Waals surface area contributed by atoms with E-state index < -0.39 is 0 Å². The van der Waals surface area contributed by atoms with E-state index in [-0.39, 0.29) is 17.4 Å². The lowest BCUT2D eigenvalue weighted by Crippen LogP contribution is -2.39. The lowest BCUT2D eigenvalue weighted by molar-refractivity contribution is 0.210. The molecule has 0 bridgehead atoms.